The zero-order valence-corrected chi connectivity index (χ0v) is 19.8. The second kappa shape index (κ2) is 10.9. The highest BCUT2D eigenvalue weighted by Gasteiger charge is 2.34. The largest absolute Gasteiger partial charge is 0.491 e. The van der Waals surface area contributed by atoms with Gasteiger partial charge in [-0.05, 0) is 68.0 Å². The smallest absolute Gasteiger partial charge is 0.318 e. The van der Waals surface area contributed by atoms with Crippen LogP contribution in [0.5, 0.6) is 5.75 Å². The molecule has 168 valence electrons. The van der Waals surface area contributed by atoms with Crippen LogP contribution in [-0.4, -0.2) is 54.0 Å². The van der Waals surface area contributed by atoms with Crippen LogP contribution in [0.4, 0.5) is 4.79 Å². The third-order valence-electron chi connectivity index (χ3n) is 5.35. The lowest BCUT2D eigenvalue weighted by atomic mass is 10.0. The summed E-state index contributed by atoms with van der Waals surface area (Å²) in [5.74, 6) is 0.642. The summed E-state index contributed by atoms with van der Waals surface area (Å²) in [4.78, 5) is 30.6. The van der Waals surface area contributed by atoms with Crippen molar-refractivity contribution in [2.24, 2.45) is 0 Å². The minimum Gasteiger partial charge on any atom is -0.491 e. The average Bonchev–Trinajstić information content (AvgIpc) is 3.24. The minimum atomic E-state index is -0.201. The number of hydrogen-bond donors (Lipinski definition) is 1. The molecule has 3 amide bonds. The van der Waals surface area contributed by atoms with Gasteiger partial charge in [0.2, 0.25) is 5.91 Å². The predicted molar refractivity (Wildman–Crippen MR) is 125 cm³/mol. The van der Waals surface area contributed by atoms with Crippen molar-refractivity contribution in [2.45, 2.75) is 45.7 Å². The fourth-order valence-corrected chi connectivity index (χ4v) is 4.69. The van der Waals surface area contributed by atoms with Gasteiger partial charge in [0, 0.05) is 29.0 Å². The van der Waals surface area contributed by atoms with Crippen molar-refractivity contribution < 1.29 is 14.3 Å². The van der Waals surface area contributed by atoms with Gasteiger partial charge in [0.1, 0.15) is 18.9 Å². The molecule has 2 aromatic rings. The van der Waals surface area contributed by atoms with Crippen LogP contribution >= 0.6 is 22.9 Å². The molecule has 0 saturated heterocycles. The van der Waals surface area contributed by atoms with Gasteiger partial charge in [0.25, 0.3) is 0 Å². The number of halogens is 1. The van der Waals surface area contributed by atoms with E-state index in [1.54, 1.807) is 28.4 Å². The fraction of sp³-hybridized carbons (Fsp3) is 0.478. The Labute approximate surface area is 193 Å². The highest BCUT2D eigenvalue weighted by Crippen LogP contribution is 2.34. The number of ether oxygens (including phenoxy) is 1. The molecular formula is C23H30ClN3O3S. The molecule has 0 saturated carbocycles. The van der Waals surface area contributed by atoms with Crippen LogP contribution in [0.3, 0.4) is 0 Å². The second-order valence-corrected chi connectivity index (χ2v) is 9.31. The topological polar surface area (TPSA) is 61.9 Å². The normalized spacial score (nSPS) is 15.5. The first-order valence-corrected chi connectivity index (χ1v) is 11.9. The van der Waals surface area contributed by atoms with Gasteiger partial charge in [0.05, 0.1) is 6.04 Å². The average molecular weight is 464 g/mol. The summed E-state index contributed by atoms with van der Waals surface area (Å²) in [6.07, 6.45) is 1.67. The van der Waals surface area contributed by atoms with Crippen LogP contribution in [0.15, 0.2) is 35.7 Å². The number of nitrogens with one attached hydrogen (secondary N) is 1. The quantitative estimate of drug-likeness (QED) is 0.615. The molecule has 0 bridgehead atoms. The molecule has 1 N–H and O–H groups in total. The molecular weight excluding hydrogens is 434 g/mol. The van der Waals surface area contributed by atoms with Gasteiger partial charge in [-0.3, -0.25) is 4.79 Å². The Kier molecular flexibility index (Phi) is 8.21. The van der Waals surface area contributed by atoms with Crippen LogP contribution in [0.25, 0.3) is 0 Å². The molecule has 1 aliphatic rings. The summed E-state index contributed by atoms with van der Waals surface area (Å²) in [5.41, 5.74) is 1.13. The molecule has 3 rings (SSSR count). The molecule has 0 radical (unpaired) electrons. The van der Waals surface area contributed by atoms with E-state index in [9.17, 15) is 9.59 Å². The lowest BCUT2D eigenvalue weighted by Gasteiger charge is -2.37. The van der Waals surface area contributed by atoms with Crippen LogP contribution < -0.4 is 10.1 Å². The standard InChI is InChI=1S/C23H30ClN3O3S/c1-4-11-25-23(29)27(16(2)3)14-22(28)26-12-9-21-19(10-13-31-21)20(26)15-30-18-7-5-17(24)6-8-18/h5-8,10,13,16,20H,4,9,11-12,14-15H2,1-3H3,(H,25,29)/t20-/m0/s1. The highest BCUT2D eigenvalue weighted by atomic mass is 35.5. The first kappa shape index (κ1) is 23.4. The summed E-state index contributed by atoms with van der Waals surface area (Å²) < 4.78 is 6.02. The summed E-state index contributed by atoms with van der Waals surface area (Å²) in [7, 11) is 0. The highest BCUT2D eigenvalue weighted by molar-refractivity contribution is 7.10. The number of carbonyl (C=O) groups excluding carboxylic acids is 2. The molecule has 8 heteroatoms. The van der Waals surface area contributed by atoms with Crippen molar-refractivity contribution in [2.75, 3.05) is 26.2 Å². The number of fused-ring (bicyclic) bond motifs is 1. The van der Waals surface area contributed by atoms with E-state index in [4.69, 9.17) is 16.3 Å². The number of hydrogen-bond acceptors (Lipinski definition) is 4. The molecule has 31 heavy (non-hydrogen) atoms. The molecule has 0 aliphatic carbocycles. The van der Waals surface area contributed by atoms with E-state index < -0.39 is 0 Å². The van der Waals surface area contributed by atoms with E-state index in [-0.39, 0.29) is 30.6 Å². The lowest BCUT2D eigenvalue weighted by molar-refractivity contribution is -0.135. The maximum absolute atomic E-state index is 13.3. The molecule has 2 heterocycles. The molecule has 1 aliphatic heterocycles. The van der Waals surface area contributed by atoms with Gasteiger partial charge < -0.3 is 19.9 Å². The number of benzene rings is 1. The summed E-state index contributed by atoms with van der Waals surface area (Å²) >= 11 is 7.68. The van der Waals surface area contributed by atoms with Crippen LogP contribution in [0, 0.1) is 0 Å². The van der Waals surface area contributed by atoms with Crippen molar-refractivity contribution in [3.05, 3.63) is 51.2 Å². The molecule has 6 nitrogen and oxygen atoms in total. The number of thiophene rings is 1. The number of amides is 3. The number of urea groups is 1. The molecule has 1 atom stereocenters. The summed E-state index contributed by atoms with van der Waals surface area (Å²) in [5, 5.41) is 5.59. The second-order valence-electron chi connectivity index (χ2n) is 7.87. The van der Waals surface area contributed by atoms with Crippen molar-refractivity contribution in [3.8, 4) is 5.75 Å². The van der Waals surface area contributed by atoms with Gasteiger partial charge in [-0.1, -0.05) is 18.5 Å². The maximum atomic E-state index is 13.3. The first-order valence-electron chi connectivity index (χ1n) is 10.7. The van der Waals surface area contributed by atoms with Gasteiger partial charge >= 0.3 is 6.03 Å². The fourth-order valence-electron chi connectivity index (χ4n) is 3.64. The predicted octanol–water partition coefficient (Wildman–Crippen LogP) is 4.74. The SMILES string of the molecule is CCCNC(=O)N(CC(=O)N1CCc2sccc2[C@@H]1COc1ccc(Cl)cc1)C(C)C. The lowest BCUT2D eigenvalue weighted by Crippen LogP contribution is -2.51. The van der Waals surface area contributed by atoms with Gasteiger partial charge in [-0.2, -0.15) is 0 Å². The Morgan fingerprint density at radius 2 is 2.03 bits per heavy atom. The molecule has 1 aromatic heterocycles. The zero-order valence-electron chi connectivity index (χ0n) is 18.3. The van der Waals surface area contributed by atoms with E-state index in [2.05, 4.69) is 16.8 Å². The Hall–Kier alpha value is -2.25. The van der Waals surface area contributed by atoms with Gasteiger partial charge in [-0.25, -0.2) is 4.79 Å². The van der Waals surface area contributed by atoms with Crippen molar-refractivity contribution in [1.82, 2.24) is 15.1 Å². The minimum absolute atomic E-state index is 0.0458. The number of nitrogens with zero attached hydrogens (tertiary/aromatic N) is 2. The Bertz CT molecular complexity index is 884. The van der Waals surface area contributed by atoms with Crippen LogP contribution in [0.1, 0.15) is 43.7 Å². The van der Waals surface area contributed by atoms with E-state index in [1.807, 2.05) is 37.8 Å². The third-order valence-corrected chi connectivity index (χ3v) is 6.60. The van der Waals surface area contributed by atoms with Gasteiger partial charge in [-0.15, -0.1) is 11.3 Å². The Balaban J connectivity index is 1.74. The Morgan fingerprint density at radius 1 is 1.29 bits per heavy atom. The number of rotatable bonds is 8. The van der Waals surface area contributed by atoms with E-state index in [1.165, 1.54) is 4.88 Å². The van der Waals surface area contributed by atoms with E-state index in [0.29, 0.717) is 30.5 Å². The van der Waals surface area contributed by atoms with E-state index in [0.717, 1.165) is 18.4 Å². The van der Waals surface area contributed by atoms with Crippen LogP contribution in [0.2, 0.25) is 5.02 Å². The summed E-state index contributed by atoms with van der Waals surface area (Å²) in [6.45, 7) is 7.45. The van der Waals surface area contributed by atoms with Crippen molar-refractivity contribution in [1.29, 1.82) is 0 Å². The first-order chi connectivity index (χ1) is 14.9. The number of carbonyl (C=O) groups is 2. The monoisotopic (exact) mass is 463 g/mol. The Morgan fingerprint density at radius 3 is 2.71 bits per heavy atom. The van der Waals surface area contributed by atoms with Crippen LogP contribution in [-0.2, 0) is 11.2 Å². The molecule has 0 unspecified atom stereocenters. The maximum Gasteiger partial charge on any atom is 0.318 e. The molecule has 0 fully saturated rings. The third kappa shape index (κ3) is 5.92. The van der Waals surface area contributed by atoms with Gasteiger partial charge in [0.15, 0.2) is 0 Å². The molecule has 1 aromatic carbocycles. The van der Waals surface area contributed by atoms with Crippen molar-refractivity contribution in [3.63, 3.8) is 0 Å². The summed E-state index contributed by atoms with van der Waals surface area (Å²) in [6, 6.07) is 8.82. The van der Waals surface area contributed by atoms with Crippen molar-refractivity contribution >= 4 is 34.9 Å². The zero-order chi connectivity index (χ0) is 22.4. The van der Waals surface area contributed by atoms with E-state index >= 15 is 0 Å². The molecule has 0 spiro atoms.